The molecule has 0 spiro atoms. The van der Waals surface area contributed by atoms with Gasteiger partial charge in [-0.25, -0.2) is 0 Å². The van der Waals surface area contributed by atoms with Gasteiger partial charge < -0.3 is 10.1 Å². The molecule has 0 amide bonds. The van der Waals surface area contributed by atoms with Crippen molar-refractivity contribution in [3.8, 4) is 0 Å². The Hall–Kier alpha value is -0.870. The fourth-order valence-electron chi connectivity index (χ4n) is 2.54. The minimum absolute atomic E-state index is 0.503. The van der Waals surface area contributed by atoms with Crippen LogP contribution in [0.15, 0.2) is 6.07 Å². The van der Waals surface area contributed by atoms with E-state index in [0.717, 1.165) is 31.8 Å². The maximum atomic E-state index is 5.55. The highest BCUT2D eigenvalue weighted by molar-refractivity contribution is 5.06. The SMILES string of the molecule is CCOC1CC(NCCCn2nc(C)cc2C)C1. The first-order valence-electron chi connectivity index (χ1n) is 7.05. The zero-order chi connectivity index (χ0) is 13.0. The number of hydrogen-bond donors (Lipinski definition) is 1. The van der Waals surface area contributed by atoms with E-state index in [0.29, 0.717) is 12.1 Å². The molecular weight excluding hydrogens is 226 g/mol. The summed E-state index contributed by atoms with van der Waals surface area (Å²) in [4.78, 5) is 0. The van der Waals surface area contributed by atoms with Gasteiger partial charge in [0.25, 0.3) is 0 Å². The van der Waals surface area contributed by atoms with Crippen LogP contribution in [0.1, 0.15) is 37.6 Å². The topological polar surface area (TPSA) is 39.1 Å². The number of nitrogens with one attached hydrogen (secondary N) is 1. The molecular formula is C14H25N3O. The first kappa shape index (κ1) is 13.6. The van der Waals surface area contributed by atoms with Crippen LogP contribution in [0.2, 0.25) is 0 Å². The fourth-order valence-corrected chi connectivity index (χ4v) is 2.54. The second kappa shape index (κ2) is 6.34. The summed E-state index contributed by atoms with van der Waals surface area (Å²) in [5, 5.41) is 8.05. The molecule has 102 valence electrons. The Morgan fingerprint density at radius 2 is 2.22 bits per heavy atom. The van der Waals surface area contributed by atoms with Gasteiger partial charge in [-0.15, -0.1) is 0 Å². The van der Waals surface area contributed by atoms with Crippen molar-refractivity contribution in [2.24, 2.45) is 0 Å². The molecule has 0 atom stereocenters. The minimum atomic E-state index is 0.503. The molecule has 0 radical (unpaired) electrons. The molecule has 18 heavy (non-hydrogen) atoms. The van der Waals surface area contributed by atoms with Crippen LogP contribution in [0.25, 0.3) is 0 Å². The van der Waals surface area contributed by atoms with Crippen LogP contribution in [0, 0.1) is 13.8 Å². The monoisotopic (exact) mass is 251 g/mol. The Labute approximate surface area is 110 Å². The molecule has 1 saturated carbocycles. The largest absolute Gasteiger partial charge is 0.378 e. The van der Waals surface area contributed by atoms with Crippen LogP contribution in [0.5, 0.6) is 0 Å². The van der Waals surface area contributed by atoms with E-state index in [1.165, 1.54) is 18.5 Å². The van der Waals surface area contributed by atoms with Crippen molar-refractivity contribution in [3.05, 3.63) is 17.5 Å². The van der Waals surface area contributed by atoms with Crippen LogP contribution in [-0.4, -0.2) is 35.1 Å². The highest BCUT2D eigenvalue weighted by Gasteiger charge is 2.28. The van der Waals surface area contributed by atoms with Crippen LogP contribution in [-0.2, 0) is 11.3 Å². The van der Waals surface area contributed by atoms with Crippen LogP contribution in [0.4, 0.5) is 0 Å². The number of aryl methyl sites for hydroxylation is 3. The van der Waals surface area contributed by atoms with E-state index >= 15 is 0 Å². The summed E-state index contributed by atoms with van der Waals surface area (Å²) in [5.74, 6) is 0. The van der Waals surface area contributed by atoms with Crippen LogP contribution >= 0.6 is 0 Å². The van der Waals surface area contributed by atoms with Gasteiger partial charge in [-0.05, 0) is 52.6 Å². The summed E-state index contributed by atoms with van der Waals surface area (Å²) in [7, 11) is 0. The van der Waals surface area contributed by atoms with Crippen molar-refractivity contribution >= 4 is 0 Å². The maximum Gasteiger partial charge on any atom is 0.0604 e. The third-order valence-corrected chi connectivity index (χ3v) is 3.58. The lowest BCUT2D eigenvalue weighted by molar-refractivity contribution is -0.00979. The number of rotatable bonds is 7. The maximum absolute atomic E-state index is 5.55. The van der Waals surface area contributed by atoms with Gasteiger partial charge in [0.05, 0.1) is 11.8 Å². The van der Waals surface area contributed by atoms with Gasteiger partial charge in [-0.3, -0.25) is 4.68 Å². The first-order valence-corrected chi connectivity index (χ1v) is 7.05. The zero-order valence-electron chi connectivity index (χ0n) is 11.8. The summed E-state index contributed by atoms with van der Waals surface area (Å²) in [6.45, 7) is 9.15. The molecule has 1 aromatic rings. The Kier molecular flexibility index (Phi) is 4.78. The molecule has 2 rings (SSSR count). The van der Waals surface area contributed by atoms with Crippen molar-refractivity contribution in [2.45, 2.75) is 58.7 Å². The fraction of sp³-hybridized carbons (Fsp3) is 0.786. The second-order valence-electron chi connectivity index (χ2n) is 5.20. The van der Waals surface area contributed by atoms with E-state index in [-0.39, 0.29) is 0 Å². The lowest BCUT2D eigenvalue weighted by Gasteiger charge is -2.35. The van der Waals surface area contributed by atoms with Gasteiger partial charge >= 0.3 is 0 Å². The van der Waals surface area contributed by atoms with Gasteiger partial charge in [-0.2, -0.15) is 5.10 Å². The van der Waals surface area contributed by atoms with E-state index in [1.54, 1.807) is 0 Å². The van der Waals surface area contributed by atoms with Crippen molar-refractivity contribution in [1.29, 1.82) is 0 Å². The summed E-state index contributed by atoms with van der Waals surface area (Å²) < 4.78 is 7.65. The van der Waals surface area contributed by atoms with Gasteiger partial charge in [-0.1, -0.05) is 0 Å². The van der Waals surface area contributed by atoms with Crippen LogP contribution in [0.3, 0.4) is 0 Å². The molecule has 0 aliphatic heterocycles. The van der Waals surface area contributed by atoms with Crippen molar-refractivity contribution < 1.29 is 4.74 Å². The molecule has 1 aromatic heterocycles. The van der Waals surface area contributed by atoms with Crippen LogP contribution < -0.4 is 5.32 Å². The summed E-state index contributed by atoms with van der Waals surface area (Å²) >= 11 is 0. The summed E-state index contributed by atoms with van der Waals surface area (Å²) in [5.41, 5.74) is 2.37. The predicted molar refractivity (Wildman–Crippen MR) is 72.8 cm³/mol. The molecule has 1 heterocycles. The molecule has 0 aromatic carbocycles. The molecule has 1 fully saturated rings. The number of ether oxygens (including phenoxy) is 1. The zero-order valence-corrected chi connectivity index (χ0v) is 11.8. The third kappa shape index (κ3) is 3.56. The molecule has 4 heteroatoms. The van der Waals surface area contributed by atoms with Gasteiger partial charge in [0.1, 0.15) is 0 Å². The molecule has 1 aliphatic rings. The Bertz CT molecular complexity index is 369. The molecule has 4 nitrogen and oxygen atoms in total. The molecule has 1 aliphatic carbocycles. The number of hydrogen-bond acceptors (Lipinski definition) is 3. The lowest BCUT2D eigenvalue weighted by atomic mass is 9.89. The summed E-state index contributed by atoms with van der Waals surface area (Å²) in [6.07, 6.45) is 3.99. The van der Waals surface area contributed by atoms with Crippen molar-refractivity contribution in [3.63, 3.8) is 0 Å². The Morgan fingerprint density at radius 3 is 2.83 bits per heavy atom. The number of nitrogens with zero attached hydrogens (tertiary/aromatic N) is 2. The standard InChI is InChI=1S/C14H25N3O/c1-4-18-14-9-13(10-14)15-6-5-7-17-12(3)8-11(2)16-17/h8,13-15H,4-7,9-10H2,1-3H3. The molecule has 0 unspecified atom stereocenters. The van der Waals surface area contributed by atoms with E-state index in [1.807, 2.05) is 6.92 Å². The van der Waals surface area contributed by atoms with Crippen molar-refractivity contribution in [1.82, 2.24) is 15.1 Å². The molecule has 1 N–H and O–H groups in total. The third-order valence-electron chi connectivity index (χ3n) is 3.58. The highest BCUT2D eigenvalue weighted by Crippen LogP contribution is 2.22. The Balaban J connectivity index is 1.56. The average molecular weight is 251 g/mol. The Morgan fingerprint density at radius 1 is 1.44 bits per heavy atom. The highest BCUT2D eigenvalue weighted by atomic mass is 16.5. The quantitative estimate of drug-likeness (QED) is 0.754. The number of aromatic nitrogens is 2. The van der Waals surface area contributed by atoms with Gasteiger partial charge in [0.15, 0.2) is 0 Å². The summed E-state index contributed by atoms with van der Waals surface area (Å²) in [6, 6.07) is 2.80. The first-order chi connectivity index (χ1) is 8.69. The lowest BCUT2D eigenvalue weighted by Crippen LogP contribution is -2.45. The predicted octanol–water partition coefficient (Wildman–Crippen LogP) is 2.05. The van der Waals surface area contributed by atoms with E-state index in [4.69, 9.17) is 4.74 Å². The normalized spacial score (nSPS) is 23.1. The van der Waals surface area contributed by atoms with E-state index in [9.17, 15) is 0 Å². The molecule has 0 saturated heterocycles. The minimum Gasteiger partial charge on any atom is -0.378 e. The van der Waals surface area contributed by atoms with Gasteiger partial charge in [0, 0.05) is 24.9 Å². The van der Waals surface area contributed by atoms with E-state index < -0.39 is 0 Å². The van der Waals surface area contributed by atoms with Gasteiger partial charge in [0.2, 0.25) is 0 Å². The van der Waals surface area contributed by atoms with E-state index in [2.05, 4.69) is 35.0 Å². The smallest absolute Gasteiger partial charge is 0.0604 e. The van der Waals surface area contributed by atoms with Crippen molar-refractivity contribution in [2.75, 3.05) is 13.2 Å². The molecule has 0 bridgehead atoms. The second-order valence-corrected chi connectivity index (χ2v) is 5.20. The average Bonchev–Trinajstić information content (AvgIpc) is 2.59.